The molecule has 1 saturated heterocycles. The third-order valence-electron chi connectivity index (χ3n) is 4.37. The predicted octanol–water partition coefficient (Wildman–Crippen LogP) is 3.20. The van der Waals surface area contributed by atoms with E-state index >= 15 is 0 Å². The Labute approximate surface area is 178 Å². The summed E-state index contributed by atoms with van der Waals surface area (Å²) in [5.74, 6) is -0.380. The number of nitrogens with one attached hydrogen (secondary N) is 2. The summed E-state index contributed by atoms with van der Waals surface area (Å²) in [6, 6.07) is 4.38. The molecule has 1 amide bonds. The minimum atomic E-state index is -0.346. The maximum Gasteiger partial charge on any atom is 0.220 e. The number of morpholine rings is 1. The van der Waals surface area contributed by atoms with Crippen LogP contribution in [0.3, 0.4) is 0 Å². The average molecular weight is 445 g/mol. The van der Waals surface area contributed by atoms with Gasteiger partial charge < -0.3 is 15.4 Å². The topological polar surface area (TPSA) is 53.6 Å². The van der Waals surface area contributed by atoms with Gasteiger partial charge in [0.15, 0.2) is 0 Å². The van der Waals surface area contributed by atoms with Crippen LogP contribution in [0.1, 0.15) is 31.4 Å². The molecule has 1 aromatic carbocycles. The lowest BCUT2D eigenvalue weighted by atomic mass is 10.0. The molecule has 0 saturated carbocycles. The van der Waals surface area contributed by atoms with Gasteiger partial charge in [0.2, 0.25) is 5.91 Å². The number of amides is 1. The highest BCUT2D eigenvalue weighted by Crippen LogP contribution is 2.31. The zero-order valence-electron chi connectivity index (χ0n) is 15.7. The van der Waals surface area contributed by atoms with Crippen LogP contribution >= 0.6 is 36.4 Å². The van der Waals surface area contributed by atoms with Gasteiger partial charge in [0.1, 0.15) is 5.82 Å². The molecule has 5 nitrogen and oxygen atoms in total. The van der Waals surface area contributed by atoms with Crippen molar-refractivity contribution >= 4 is 42.3 Å². The zero-order chi connectivity index (χ0) is 18.2. The lowest BCUT2D eigenvalue weighted by Gasteiger charge is -2.38. The van der Waals surface area contributed by atoms with Gasteiger partial charge in [-0.1, -0.05) is 17.7 Å². The van der Waals surface area contributed by atoms with Crippen LogP contribution in [-0.2, 0) is 9.53 Å². The second-order valence-corrected chi connectivity index (χ2v) is 6.75. The van der Waals surface area contributed by atoms with E-state index in [9.17, 15) is 9.18 Å². The Kier molecular flexibility index (Phi) is 13.2. The lowest BCUT2D eigenvalue weighted by Crippen LogP contribution is -2.47. The smallest absolute Gasteiger partial charge is 0.220 e. The third kappa shape index (κ3) is 8.10. The molecule has 1 heterocycles. The first-order valence-corrected chi connectivity index (χ1v) is 9.11. The second kappa shape index (κ2) is 13.5. The Bertz CT molecular complexity index is 561. The van der Waals surface area contributed by atoms with Crippen LogP contribution in [0.5, 0.6) is 0 Å². The van der Waals surface area contributed by atoms with Gasteiger partial charge in [-0.2, -0.15) is 0 Å². The van der Waals surface area contributed by atoms with E-state index in [1.807, 2.05) is 14.0 Å². The maximum absolute atomic E-state index is 14.5. The molecule has 2 unspecified atom stereocenters. The largest absolute Gasteiger partial charge is 0.376 e. The first-order valence-electron chi connectivity index (χ1n) is 8.73. The minimum Gasteiger partial charge on any atom is -0.376 e. The number of rotatable bonds is 8. The molecule has 2 rings (SSSR count). The van der Waals surface area contributed by atoms with Crippen molar-refractivity contribution in [3.05, 3.63) is 34.6 Å². The molecule has 156 valence electrons. The monoisotopic (exact) mass is 443 g/mol. The predicted molar refractivity (Wildman–Crippen MR) is 112 cm³/mol. The summed E-state index contributed by atoms with van der Waals surface area (Å²) in [5.41, 5.74) is 0.439. The summed E-state index contributed by atoms with van der Waals surface area (Å²) in [4.78, 5) is 14.2. The van der Waals surface area contributed by atoms with Crippen molar-refractivity contribution in [1.82, 2.24) is 15.5 Å². The number of carbonyl (C=O) groups is 1. The molecule has 1 aliphatic heterocycles. The van der Waals surface area contributed by atoms with Gasteiger partial charge in [-0.3, -0.25) is 9.69 Å². The van der Waals surface area contributed by atoms with Gasteiger partial charge in [-0.05, 0) is 39.1 Å². The van der Waals surface area contributed by atoms with Crippen LogP contribution in [-0.4, -0.2) is 56.7 Å². The Morgan fingerprint density at radius 1 is 1.44 bits per heavy atom. The molecule has 1 aromatic rings. The van der Waals surface area contributed by atoms with Crippen LogP contribution in [0.15, 0.2) is 18.2 Å². The van der Waals surface area contributed by atoms with Crippen molar-refractivity contribution in [3.63, 3.8) is 0 Å². The molecule has 0 radical (unpaired) electrons. The molecule has 27 heavy (non-hydrogen) atoms. The molecule has 0 spiro atoms. The molecule has 0 bridgehead atoms. The number of carbonyl (C=O) groups excluding carboxylic acids is 1. The quantitative estimate of drug-likeness (QED) is 0.605. The molecule has 0 aliphatic carbocycles. The summed E-state index contributed by atoms with van der Waals surface area (Å²) < 4.78 is 20.0. The number of benzene rings is 1. The van der Waals surface area contributed by atoms with Gasteiger partial charge in [-0.25, -0.2) is 4.39 Å². The van der Waals surface area contributed by atoms with Crippen LogP contribution in [0.25, 0.3) is 0 Å². The fraction of sp³-hybridized carbons (Fsp3) is 0.611. The molecule has 9 heteroatoms. The van der Waals surface area contributed by atoms with Gasteiger partial charge in [0, 0.05) is 36.6 Å². The van der Waals surface area contributed by atoms with Gasteiger partial charge in [0.05, 0.1) is 18.8 Å². The van der Waals surface area contributed by atoms with Gasteiger partial charge in [0.25, 0.3) is 0 Å². The van der Waals surface area contributed by atoms with Crippen LogP contribution < -0.4 is 10.6 Å². The van der Waals surface area contributed by atoms with E-state index in [1.54, 1.807) is 12.1 Å². The van der Waals surface area contributed by atoms with Crippen molar-refractivity contribution in [2.45, 2.75) is 31.9 Å². The van der Waals surface area contributed by atoms with E-state index in [2.05, 4.69) is 15.5 Å². The van der Waals surface area contributed by atoms with E-state index in [0.717, 1.165) is 13.0 Å². The van der Waals surface area contributed by atoms with Crippen LogP contribution in [0, 0.1) is 5.82 Å². The van der Waals surface area contributed by atoms with Crippen molar-refractivity contribution < 1.29 is 13.9 Å². The summed E-state index contributed by atoms with van der Waals surface area (Å²) in [6.07, 6.45) is 1.27. The molecule has 2 N–H and O–H groups in total. The number of hydrogen-bond donors (Lipinski definition) is 2. The van der Waals surface area contributed by atoms with Crippen molar-refractivity contribution in [2.75, 3.05) is 39.8 Å². The molecular weight excluding hydrogens is 416 g/mol. The standard InChI is InChI=1S/C18H27ClFN3O2.2ClH/c1-13-12-23(9-10-25-13)16(11-22-17(24)7-4-8-21-2)18-14(19)5-3-6-15(18)20;;/h3,5-6,13,16,21H,4,7-12H2,1-2H3,(H,22,24);2*1H. The van der Waals surface area contributed by atoms with E-state index < -0.39 is 0 Å². The minimum absolute atomic E-state index is 0. The molecule has 0 aromatic heterocycles. The number of nitrogens with zero attached hydrogens (tertiary/aromatic N) is 1. The van der Waals surface area contributed by atoms with E-state index in [4.69, 9.17) is 16.3 Å². The Morgan fingerprint density at radius 3 is 2.81 bits per heavy atom. The van der Waals surface area contributed by atoms with Crippen molar-refractivity contribution in [2.24, 2.45) is 0 Å². The summed E-state index contributed by atoms with van der Waals surface area (Å²) in [6.45, 7) is 5.03. The van der Waals surface area contributed by atoms with Crippen molar-refractivity contribution in [3.8, 4) is 0 Å². The van der Waals surface area contributed by atoms with E-state index in [-0.39, 0.29) is 48.7 Å². The first-order chi connectivity index (χ1) is 12.0. The van der Waals surface area contributed by atoms with Crippen molar-refractivity contribution in [1.29, 1.82) is 0 Å². The molecular formula is C18H29Cl3FN3O2. The highest BCUT2D eigenvalue weighted by molar-refractivity contribution is 6.31. The van der Waals surface area contributed by atoms with Crippen LogP contribution in [0.4, 0.5) is 4.39 Å². The molecule has 2 atom stereocenters. The Balaban J connectivity index is 0.00000338. The SMILES string of the molecule is CNCCCC(=O)NCC(c1c(F)cccc1Cl)N1CCOC(C)C1.Cl.Cl. The van der Waals surface area contributed by atoms with E-state index in [1.165, 1.54) is 6.07 Å². The third-order valence-corrected chi connectivity index (χ3v) is 4.70. The number of halogens is 4. The highest BCUT2D eigenvalue weighted by atomic mass is 35.5. The lowest BCUT2D eigenvalue weighted by molar-refractivity contribution is -0.121. The average Bonchev–Trinajstić information content (AvgIpc) is 2.57. The number of ether oxygens (including phenoxy) is 1. The van der Waals surface area contributed by atoms with Crippen LogP contribution in [0.2, 0.25) is 5.02 Å². The van der Waals surface area contributed by atoms with E-state index in [0.29, 0.717) is 43.2 Å². The first kappa shape index (κ1) is 26.4. The molecule has 1 aliphatic rings. The fourth-order valence-electron chi connectivity index (χ4n) is 3.10. The summed E-state index contributed by atoms with van der Waals surface area (Å²) in [5, 5.41) is 6.33. The Hall–Kier alpha value is -0.630. The molecule has 1 fully saturated rings. The number of hydrogen-bond acceptors (Lipinski definition) is 4. The van der Waals surface area contributed by atoms with Gasteiger partial charge in [-0.15, -0.1) is 24.8 Å². The zero-order valence-corrected chi connectivity index (χ0v) is 18.1. The summed E-state index contributed by atoms with van der Waals surface area (Å²) >= 11 is 6.28. The Morgan fingerprint density at radius 2 is 2.19 bits per heavy atom. The second-order valence-electron chi connectivity index (χ2n) is 6.34. The maximum atomic E-state index is 14.5. The normalized spacial score (nSPS) is 18.1. The fourth-order valence-corrected chi connectivity index (χ4v) is 3.38. The van der Waals surface area contributed by atoms with Gasteiger partial charge >= 0.3 is 0 Å². The summed E-state index contributed by atoms with van der Waals surface area (Å²) in [7, 11) is 1.85. The highest BCUT2D eigenvalue weighted by Gasteiger charge is 2.29.